The highest BCUT2D eigenvalue weighted by Crippen LogP contribution is 2.36. The number of carbonyl (C=O) groups is 1. The van der Waals surface area contributed by atoms with Crippen LogP contribution in [0, 0.1) is 16.7 Å². The zero-order valence-electron chi connectivity index (χ0n) is 28.8. The van der Waals surface area contributed by atoms with Gasteiger partial charge < -0.3 is 29.4 Å². The molecule has 49 heavy (non-hydrogen) atoms. The van der Waals surface area contributed by atoms with Crippen LogP contribution in [0.15, 0.2) is 77.7 Å². The third-order valence-electron chi connectivity index (χ3n) is 7.91. The number of aliphatic hydroxyl groups is 1. The molecule has 0 saturated carbocycles. The van der Waals surface area contributed by atoms with E-state index in [1.807, 2.05) is 68.4 Å². The van der Waals surface area contributed by atoms with Crippen LogP contribution < -0.4 is 19.5 Å². The number of benzene rings is 3. The third kappa shape index (κ3) is 11.4. The van der Waals surface area contributed by atoms with Crippen LogP contribution in [0.4, 0.5) is 4.79 Å². The number of amides is 1. The van der Waals surface area contributed by atoms with Crippen molar-refractivity contribution in [1.82, 2.24) is 9.62 Å². The number of rotatable bonds is 16. The summed E-state index contributed by atoms with van der Waals surface area (Å²) in [5.74, 6) is 1.42. The van der Waals surface area contributed by atoms with Gasteiger partial charge in [0.1, 0.15) is 18.0 Å². The number of alkyl carbamates (subject to hydrolysis) is 1. The highest BCUT2D eigenvalue weighted by Gasteiger charge is 2.36. The minimum absolute atomic E-state index is 0.00860. The predicted octanol–water partition coefficient (Wildman–Crippen LogP) is 6.20. The molecular formula is C37H47N3O8S. The summed E-state index contributed by atoms with van der Waals surface area (Å²) in [5, 5.41) is 23.6. The summed E-state index contributed by atoms with van der Waals surface area (Å²) in [6.45, 7) is 9.19. The maximum absolute atomic E-state index is 14.2. The highest BCUT2D eigenvalue weighted by atomic mass is 32.2. The Bertz CT molecular complexity index is 1680. The number of sulfonamides is 1. The van der Waals surface area contributed by atoms with Crippen molar-refractivity contribution >= 4 is 16.1 Å². The minimum atomic E-state index is -4.17. The Morgan fingerprint density at radius 2 is 1.69 bits per heavy atom. The van der Waals surface area contributed by atoms with Crippen LogP contribution in [0.25, 0.3) is 0 Å². The van der Waals surface area contributed by atoms with Gasteiger partial charge in [0.15, 0.2) is 11.5 Å². The quantitative estimate of drug-likeness (QED) is 0.167. The van der Waals surface area contributed by atoms with Gasteiger partial charge in [0.25, 0.3) is 0 Å². The van der Waals surface area contributed by atoms with Crippen LogP contribution in [0.5, 0.6) is 17.2 Å². The molecule has 3 aromatic carbocycles. The third-order valence-corrected chi connectivity index (χ3v) is 9.72. The van der Waals surface area contributed by atoms with Crippen molar-refractivity contribution in [2.24, 2.45) is 5.41 Å². The van der Waals surface area contributed by atoms with Crippen molar-refractivity contribution in [1.29, 1.82) is 5.26 Å². The molecule has 0 saturated heterocycles. The molecule has 0 radical (unpaired) electrons. The summed E-state index contributed by atoms with van der Waals surface area (Å²) >= 11 is 0. The molecule has 4 rings (SSSR count). The van der Waals surface area contributed by atoms with Gasteiger partial charge in [-0.15, -0.1) is 0 Å². The summed E-state index contributed by atoms with van der Waals surface area (Å²) in [5.41, 5.74) is 0.488. The van der Waals surface area contributed by atoms with Crippen LogP contribution in [0.1, 0.15) is 65.0 Å². The van der Waals surface area contributed by atoms with Crippen molar-refractivity contribution in [3.8, 4) is 23.3 Å². The second-order valence-electron chi connectivity index (χ2n) is 13.9. The van der Waals surface area contributed by atoms with E-state index in [0.717, 1.165) is 11.1 Å². The van der Waals surface area contributed by atoms with E-state index < -0.39 is 39.3 Å². The number of fused-ring (bicyclic) bond motifs is 1. The Morgan fingerprint density at radius 1 is 1.00 bits per heavy atom. The van der Waals surface area contributed by atoms with E-state index in [9.17, 15) is 18.3 Å². The first-order valence-corrected chi connectivity index (χ1v) is 17.8. The molecule has 0 bridgehead atoms. The highest BCUT2D eigenvalue weighted by molar-refractivity contribution is 7.89. The number of ether oxygens (including phenoxy) is 4. The molecular weight excluding hydrogens is 646 g/mol. The number of hydrogen-bond donors (Lipinski definition) is 2. The first-order chi connectivity index (χ1) is 23.1. The van der Waals surface area contributed by atoms with Crippen molar-refractivity contribution in [2.75, 3.05) is 19.9 Å². The zero-order valence-corrected chi connectivity index (χ0v) is 29.7. The molecule has 1 heterocycles. The Kier molecular flexibility index (Phi) is 12.5. The molecule has 2 N–H and O–H groups in total. The molecule has 264 valence electrons. The number of carbonyl (C=O) groups excluding carboxylic acids is 1. The number of unbranched alkanes of at least 4 members (excludes halogenated alkanes) is 1. The predicted molar refractivity (Wildman–Crippen MR) is 185 cm³/mol. The van der Waals surface area contributed by atoms with Crippen molar-refractivity contribution in [2.45, 2.75) is 89.6 Å². The van der Waals surface area contributed by atoms with Crippen LogP contribution in [0.2, 0.25) is 0 Å². The van der Waals surface area contributed by atoms with Gasteiger partial charge in [-0.3, -0.25) is 0 Å². The van der Waals surface area contributed by atoms with Crippen LogP contribution in [-0.4, -0.2) is 61.6 Å². The lowest BCUT2D eigenvalue weighted by Gasteiger charge is -2.35. The second-order valence-corrected chi connectivity index (χ2v) is 15.9. The Balaban J connectivity index is 1.58. The second kappa shape index (κ2) is 16.4. The standard InChI is InChI=1S/C37H47N3O8S/c1-36(2,3)48-35(42)39-31(21-27-13-15-29(16-14-27)45-24-28-11-7-6-8-12-28)32(41)23-40(25-37(4,5)19-9-10-20-38)49(43,44)30-17-18-33-34(22-30)47-26-46-33/h6-8,11-18,22,31-32,41H,9-10,19,21,23-26H2,1-5H3,(H,39,42)/t31-,32+/m0/s1. The van der Waals surface area contributed by atoms with E-state index in [1.54, 1.807) is 26.8 Å². The molecule has 0 aromatic heterocycles. The zero-order chi connectivity index (χ0) is 35.7. The fourth-order valence-electron chi connectivity index (χ4n) is 5.43. The lowest BCUT2D eigenvalue weighted by molar-refractivity contribution is 0.0391. The Morgan fingerprint density at radius 3 is 2.37 bits per heavy atom. The minimum Gasteiger partial charge on any atom is -0.489 e. The van der Waals surface area contributed by atoms with Crippen molar-refractivity contribution in [3.05, 3.63) is 83.9 Å². The maximum atomic E-state index is 14.2. The monoisotopic (exact) mass is 693 g/mol. The van der Waals surface area contributed by atoms with E-state index in [-0.39, 0.29) is 31.2 Å². The largest absolute Gasteiger partial charge is 0.489 e. The van der Waals surface area contributed by atoms with Crippen LogP contribution in [-0.2, 0) is 27.8 Å². The van der Waals surface area contributed by atoms with Gasteiger partial charge >= 0.3 is 6.09 Å². The van der Waals surface area contributed by atoms with E-state index in [0.29, 0.717) is 43.1 Å². The molecule has 2 atom stereocenters. The van der Waals surface area contributed by atoms with E-state index >= 15 is 0 Å². The van der Waals surface area contributed by atoms with Gasteiger partial charge in [0, 0.05) is 25.6 Å². The van der Waals surface area contributed by atoms with Crippen molar-refractivity contribution < 1.29 is 37.3 Å². The first-order valence-electron chi connectivity index (χ1n) is 16.4. The summed E-state index contributed by atoms with van der Waals surface area (Å²) in [7, 11) is -4.17. The van der Waals surface area contributed by atoms with Gasteiger partial charge in [-0.05, 0) is 80.8 Å². The molecule has 1 amide bonds. The lowest BCUT2D eigenvalue weighted by Crippen LogP contribution is -2.52. The number of aliphatic hydroxyl groups excluding tert-OH is 1. The van der Waals surface area contributed by atoms with Crippen LogP contribution >= 0.6 is 0 Å². The summed E-state index contributed by atoms with van der Waals surface area (Å²) in [4.78, 5) is 13.0. The summed E-state index contributed by atoms with van der Waals surface area (Å²) in [6, 6.07) is 22.7. The fourth-order valence-corrected chi connectivity index (χ4v) is 7.09. The smallest absolute Gasteiger partial charge is 0.407 e. The van der Waals surface area contributed by atoms with Crippen molar-refractivity contribution in [3.63, 3.8) is 0 Å². The summed E-state index contributed by atoms with van der Waals surface area (Å²) < 4.78 is 51.9. The number of nitrogens with one attached hydrogen (secondary N) is 1. The van der Waals surface area contributed by atoms with Gasteiger partial charge in [0.05, 0.1) is 23.1 Å². The van der Waals surface area contributed by atoms with E-state index in [2.05, 4.69) is 11.4 Å². The average molecular weight is 694 g/mol. The van der Waals surface area contributed by atoms with E-state index in [4.69, 9.17) is 24.2 Å². The number of nitriles is 1. The topological polar surface area (TPSA) is 147 Å². The van der Waals surface area contributed by atoms with Gasteiger partial charge in [-0.1, -0.05) is 56.3 Å². The Labute approximate surface area is 289 Å². The number of nitrogens with zero attached hydrogens (tertiary/aromatic N) is 2. The molecule has 3 aromatic rings. The molecule has 0 unspecified atom stereocenters. The van der Waals surface area contributed by atoms with Gasteiger partial charge in [0.2, 0.25) is 16.8 Å². The maximum Gasteiger partial charge on any atom is 0.407 e. The molecule has 11 nitrogen and oxygen atoms in total. The van der Waals surface area contributed by atoms with Gasteiger partial charge in [-0.25, -0.2) is 13.2 Å². The molecule has 0 aliphatic carbocycles. The Hall–Kier alpha value is -4.31. The molecule has 0 spiro atoms. The first kappa shape index (κ1) is 37.5. The molecule has 1 aliphatic rings. The molecule has 12 heteroatoms. The summed E-state index contributed by atoms with van der Waals surface area (Å²) in [6.07, 6.45) is -0.358. The van der Waals surface area contributed by atoms with Gasteiger partial charge in [-0.2, -0.15) is 9.57 Å². The van der Waals surface area contributed by atoms with Crippen LogP contribution in [0.3, 0.4) is 0 Å². The normalized spacial score (nSPS) is 14.2. The van der Waals surface area contributed by atoms with E-state index in [1.165, 1.54) is 16.4 Å². The number of hydrogen-bond acceptors (Lipinski definition) is 9. The molecule has 0 fully saturated rings. The SMILES string of the molecule is CC(C)(CCCC#N)CN(C[C@@H](O)[C@H](Cc1ccc(OCc2ccccc2)cc1)NC(=O)OC(C)(C)C)S(=O)(=O)c1ccc2c(c1)OCO2. The fraction of sp³-hybridized carbons (Fsp3) is 0.459. The molecule has 1 aliphatic heterocycles. The average Bonchev–Trinajstić information content (AvgIpc) is 3.52. The lowest BCUT2D eigenvalue weighted by atomic mass is 9.87.